The monoisotopic (exact) mass is 379 g/mol. The lowest BCUT2D eigenvalue weighted by molar-refractivity contribution is -0.0197. The van der Waals surface area contributed by atoms with E-state index >= 15 is 0 Å². The van der Waals surface area contributed by atoms with E-state index in [4.69, 9.17) is 9.47 Å². The van der Waals surface area contributed by atoms with E-state index in [9.17, 15) is 14.4 Å². The molecule has 10 heteroatoms. The van der Waals surface area contributed by atoms with Crippen molar-refractivity contribution in [3.63, 3.8) is 0 Å². The van der Waals surface area contributed by atoms with Gasteiger partial charge in [0.1, 0.15) is 6.17 Å². The van der Waals surface area contributed by atoms with Crippen molar-refractivity contribution in [1.82, 2.24) is 9.58 Å². The van der Waals surface area contributed by atoms with Gasteiger partial charge in [-0.1, -0.05) is 0 Å². The molecular weight excluding hydrogens is 358 g/mol. The van der Waals surface area contributed by atoms with Crippen molar-refractivity contribution < 1.29 is 28.5 Å². The lowest BCUT2D eigenvalue weighted by Gasteiger charge is -2.44. The van der Waals surface area contributed by atoms with Crippen molar-refractivity contribution in [2.24, 2.45) is 0 Å². The Morgan fingerprint density at radius 3 is 2.81 bits per heavy atom. The van der Waals surface area contributed by atoms with Gasteiger partial charge in [0.2, 0.25) is 18.0 Å². The molecular formula is C17H21N3O7. The SMILES string of the molecule is COC(=O)OCOc1c2n(ccc1=O)N[C@@H]1CC(OC3CC3)CCN1C2=O. The van der Waals surface area contributed by atoms with Crippen molar-refractivity contribution in [2.45, 2.75) is 44.1 Å². The highest BCUT2D eigenvalue weighted by Gasteiger charge is 2.40. The number of nitrogens with zero attached hydrogens (tertiary/aromatic N) is 2. The molecule has 146 valence electrons. The Morgan fingerprint density at radius 2 is 2.07 bits per heavy atom. The van der Waals surface area contributed by atoms with Gasteiger partial charge in [-0.2, -0.15) is 0 Å². The predicted octanol–water partition coefficient (Wildman–Crippen LogP) is 0.634. The minimum absolute atomic E-state index is 0.0776. The highest BCUT2D eigenvalue weighted by molar-refractivity contribution is 5.96. The van der Waals surface area contributed by atoms with Crippen LogP contribution < -0.4 is 15.6 Å². The average molecular weight is 379 g/mol. The first-order valence-corrected chi connectivity index (χ1v) is 8.89. The number of rotatable bonds is 5. The van der Waals surface area contributed by atoms with Crippen molar-refractivity contribution in [3.05, 3.63) is 28.2 Å². The van der Waals surface area contributed by atoms with E-state index in [0.29, 0.717) is 19.1 Å². The van der Waals surface area contributed by atoms with Gasteiger partial charge >= 0.3 is 6.16 Å². The number of hydrogen-bond donors (Lipinski definition) is 1. The molecule has 3 heterocycles. The van der Waals surface area contributed by atoms with Crippen molar-refractivity contribution in [3.8, 4) is 5.75 Å². The van der Waals surface area contributed by atoms with Crippen molar-refractivity contribution >= 4 is 12.1 Å². The van der Waals surface area contributed by atoms with Crippen LogP contribution in [0.25, 0.3) is 0 Å². The molecule has 3 aliphatic rings. The van der Waals surface area contributed by atoms with Crippen LogP contribution in [-0.2, 0) is 14.2 Å². The summed E-state index contributed by atoms with van der Waals surface area (Å²) in [6.07, 6.45) is 4.44. The molecule has 1 saturated carbocycles. The third kappa shape index (κ3) is 3.57. The molecule has 2 atom stereocenters. The number of pyridine rings is 1. The normalized spacial score (nSPS) is 23.7. The third-order valence-corrected chi connectivity index (χ3v) is 4.82. The number of carbonyl (C=O) groups is 2. The number of carbonyl (C=O) groups excluding carboxylic acids is 2. The zero-order valence-corrected chi connectivity index (χ0v) is 14.9. The van der Waals surface area contributed by atoms with Crippen LogP contribution in [0, 0.1) is 0 Å². The van der Waals surface area contributed by atoms with Gasteiger partial charge in [0, 0.05) is 25.2 Å². The number of fused-ring (bicyclic) bond motifs is 2. The molecule has 10 nitrogen and oxygen atoms in total. The van der Waals surface area contributed by atoms with Gasteiger partial charge in [-0.05, 0) is 19.3 Å². The quantitative estimate of drug-likeness (QED) is 0.586. The Labute approximate surface area is 154 Å². The van der Waals surface area contributed by atoms with E-state index in [-0.39, 0.29) is 29.6 Å². The third-order valence-electron chi connectivity index (χ3n) is 4.82. The van der Waals surface area contributed by atoms with Crippen LogP contribution in [0.2, 0.25) is 0 Å². The van der Waals surface area contributed by atoms with Crippen LogP contribution in [0.4, 0.5) is 4.79 Å². The summed E-state index contributed by atoms with van der Waals surface area (Å²) >= 11 is 0. The summed E-state index contributed by atoms with van der Waals surface area (Å²) in [7, 11) is 1.16. The minimum atomic E-state index is -0.942. The van der Waals surface area contributed by atoms with Crippen molar-refractivity contribution in [1.29, 1.82) is 0 Å². The van der Waals surface area contributed by atoms with Crippen LogP contribution in [0.15, 0.2) is 17.1 Å². The summed E-state index contributed by atoms with van der Waals surface area (Å²) in [6, 6.07) is 1.29. The van der Waals surface area contributed by atoms with Crippen LogP contribution in [-0.4, -0.2) is 60.5 Å². The van der Waals surface area contributed by atoms with E-state index in [2.05, 4.69) is 14.9 Å². The van der Waals surface area contributed by atoms with Crippen LogP contribution in [0.5, 0.6) is 5.75 Å². The highest BCUT2D eigenvalue weighted by Crippen LogP contribution is 2.32. The first kappa shape index (κ1) is 17.7. The zero-order valence-electron chi connectivity index (χ0n) is 14.9. The van der Waals surface area contributed by atoms with Crippen LogP contribution in [0.1, 0.15) is 36.2 Å². The standard InChI is InChI=1S/C17H21N3O7/c1-24-17(23)26-9-25-15-12(21)5-7-20-14(15)16(22)19-6-4-11(8-13(19)18-20)27-10-2-3-10/h5,7,10-11,13,18H,2-4,6,8-9H2,1H3/t11?,13-/m0/s1. The molecule has 2 aliphatic heterocycles. The Kier molecular flexibility index (Phi) is 4.65. The minimum Gasteiger partial charge on any atom is -0.451 e. The number of amides is 1. The first-order valence-electron chi connectivity index (χ1n) is 8.89. The Balaban J connectivity index is 1.52. The zero-order chi connectivity index (χ0) is 19.0. The summed E-state index contributed by atoms with van der Waals surface area (Å²) in [5, 5.41) is 0. The second-order valence-electron chi connectivity index (χ2n) is 6.71. The maximum absolute atomic E-state index is 13.0. The van der Waals surface area contributed by atoms with Crippen LogP contribution >= 0.6 is 0 Å². The fourth-order valence-corrected chi connectivity index (χ4v) is 3.36. The predicted molar refractivity (Wildman–Crippen MR) is 91.0 cm³/mol. The lowest BCUT2D eigenvalue weighted by Crippen LogP contribution is -2.58. The lowest BCUT2D eigenvalue weighted by atomic mass is 10.0. The number of piperidine rings is 1. The van der Waals surface area contributed by atoms with E-state index in [1.807, 2.05) is 0 Å². The first-order chi connectivity index (χ1) is 13.1. The second kappa shape index (κ2) is 7.10. The largest absolute Gasteiger partial charge is 0.510 e. The molecule has 1 aromatic rings. The molecule has 1 aromatic heterocycles. The Hall–Kier alpha value is -2.75. The van der Waals surface area contributed by atoms with Gasteiger partial charge in [-0.3, -0.25) is 14.3 Å². The molecule has 2 fully saturated rings. The van der Waals surface area contributed by atoms with Crippen LogP contribution in [0.3, 0.4) is 0 Å². The fourth-order valence-electron chi connectivity index (χ4n) is 3.36. The maximum atomic E-state index is 13.0. The number of methoxy groups -OCH3 is 1. The Bertz CT molecular complexity index is 804. The molecule has 1 aliphatic carbocycles. The van der Waals surface area contributed by atoms with Gasteiger partial charge in [0.05, 0.1) is 19.3 Å². The fraction of sp³-hybridized carbons (Fsp3) is 0.588. The molecule has 1 N–H and O–H groups in total. The molecule has 0 radical (unpaired) electrons. The smallest absolute Gasteiger partial charge is 0.451 e. The summed E-state index contributed by atoms with van der Waals surface area (Å²) in [4.78, 5) is 37.9. The number of hydrogen-bond acceptors (Lipinski definition) is 8. The molecule has 1 saturated heterocycles. The summed E-state index contributed by atoms with van der Waals surface area (Å²) in [5.74, 6) is -0.483. The van der Waals surface area contributed by atoms with E-state index in [1.165, 1.54) is 16.9 Å². The molecule has 1 amide bonds. The molecule has 4 rings (SSSR count). The van der Waals surface area contributed by atoms with Gasteiger partial charge in [0.25, 0.3) is 5.91 Å². The highest BCUT2D eigenvalue weighted by atomic mass is 16.8. The van der Waals surface area contributed by atoms with Gasteiger partial charge in [0.15, 0.2) is 5.69 Å². The second-order valence-corrected chi connectivity index (χ2v) is 6.71. The van der Waals surface area contributed by atoms with E-state index in [1.54, 1.807) is 4.90 Å². The molecule has 0 bridgehead atoms. The van der Waals surface area contributed by atoms with E-state index < -0.39 is 18.4 Å². The van der Waals surface area contributed by atoms with Gasteiger partial charge < -0.3 is 29.3 Å². The Morgan fingerprint density at radius 1 is 1.26 bits per heavy atom. The molecule has 0 aromatic carbocycles. The summed E-state index contributed by atoms with van der Waals surface area (Å²) in [6.45, 7) is -0.0119. The topological polar surface area (TPSA) is 108 Å². The molecule has 0 spiro atoms. The van der Waals surface area contributed by atoms with E-state index in [0.717, 1.165) is 26.4 Å². The summed E-state index contributed by atoms with van der Waals surface area (Å²) in [5.41, 5.74) is 2.82. The van der Waals surface area contributed by atoms with Gasteiger partial charge in [-0.15, -0.1) is 0 Å². The van der Waals surface area contributed by atoms with Gasteiger partial charge in [-0.25, -0.2) is 4.79 Å². The number of aromatic nitrogens is 1. The maximum Gasteiger partial charge on any atom is 0.510 e. The summed E-state index contributed by atoms with van der Waals surface area (Å²) < 4.78 is 21.7. The molecule has 1 unspecified atom stereocenters. The molecule has 27 heavy (non-hydrogen) atoms. The average Bonchev–Trinajstić information content (AvgIpc) is 3.47. The number of nitrogens with one attached hydrogen (secondary N) is 1. The van der Waals surface area contributed by atoms with Crippen molar-refractivity contribution in [2.75, 3.05) is 25.9 Å². The number of ether oxygens (including phenoxy) is 4.